The molecule has 0 atom stereocenters. The first-order chi connectivity index (χ1) is 9.66. The van der Waals surface area contributed by atoms with Crippen molar-refractivity contribution in [3.05, 3.63) is 53.8 Å². The van der Waals surface area contributed by atoms with Crippen molar-refractivity contribution < 1.29 is 4.39 Å². The quantitative estimate of drug-likeness (QED) is 0.725. The summed E-state index contributed by atoms with van der Waals surface area (Å²) < 4.78 is 15.0. The van der Waals surface area contributed by atoms with Gasteiger partial charge in [-0.2, -0.15) is 4.68 Å². The molecule has 100 valence electrons. The molecule has 20 heavy (non-hydrogen) atoms. The Morgan fingerprint density at radius 3 is 2.75 bits per heavy atom. The van der Waals surface area contributed by atoms with Crippen LogP contribution in [0.1, 0.15) is 5.56 Å². The molecule has 0 aliphatic rings. The molecule has 1 heterocycles. The molecule has 0 aliphatic heterocycles. The minimum Gasteiger partial charge on any atom is -0.398 e. The lowest BCUT2D eigenvalue weighted by atomic mass is 10.1. The standard InChI is InChI=1S/C14H12FN5/c1-9-4-2-3-5-13(9)20-14(17-18-19-20)11-8-10(15)6-7-12(11)16/h2-8H,16H2,1H3. The van der Waals surface area contributed by atoms with Crippen LogP contribution in [-0.2, 0) is 0 Å². The topological polar surface area (TPSA) is 69.6 Å². The highest BCUT2D eigenvalue weighted by molar-refractivity contribution is 5.72. The summed E-state index contributed by atoms with van der Waals surface area (Å²) in [6.07, 6.45) is 0. The largest absolute Gasteiger partial charge is 0.398 e. The van der Waals surface area contributed by atoms with Gasteiger partial charge in [-0.1, -0.05) is 18.2 Å². The maximum absolute atomic E-state index is 13.4. The number of benzene rings is 2. The third-order valence-electron chi connectivity index (χ3n) is 3.07. The molecule has 0 aliphatic carbocycles. The van der Waals surface area contributed by atoms with Crippen LogP contribution >= 0.6 is 0 Å². The molecular formula is C14H12FN5. The monoisotopic (exact) mass is 269 g/mol. The van der Waals surface area contributed by atoms with Crippen molar-refractivity contribution in [2.45, 2.75) is 6.92 Å². The summed E-state index contributed by atoms with van der Waals surface area (Å²) in [5, 5.41) is 11.6. The van der Waals surface area contributed by atoms with Gasteiger partial charge in [0.15, 0.2) is 5.82 Å². The van der Waals surface area contributed by atoms with E-state index in [9.17, 15) is 4.39 Å². The van der Waals surface area contributed by atoms with E-state index in [1.165, 1.54) is 18.2 Å². The number of rotatable bonds is 2. The Hall–Kier alpha value is -2.76. The zero-order valence-electron chi connectivity index (χ0n) is 10.8. The van der Waals surface area contributed by atoms with Crippen LogP contribution in [0.2, 0.25) is 0 Å². The van der Waals surface area contributed by atoms with E-state index >= 15 is 0 Å². The minimum absolute atomic E-state index is 0.381. The SMILES string of the molecule is Cc1ccccc1-n1nnnc1-c1cc(F)ccc1N. The number of halogens is 1. The summed E-state index contributed by atoms with van der Waals surface area (Å²) in [7, 11) is 0. The van der Waals surface area contributed by atoms with Gasteiger partial charge in [-0.25, -0.2) is 4.39 Å². The van der Waals surface area contributed by atoms with Gasteiger partial charge >= 0.3 is 0 Å². The Balaban J connectivity index is 2.21. The van der Waals surface area contributed by atoms with Crippen LogP contribution in [0.25, 0.3) is 17.1 Å². The molecule has 0 saturated carbocycles. The van der Waals surface area contributed by atoms with Gasteiger partial charge in [-0.3, -0.25) is 0 Å². The predicted octanol–water partition coefficient (Wildman–Crippen LogP) is 2.36. The molecule has 2 N–H and O–H groups in total. The number of nitrogen functional groups attached to an aromatic ring is 1. The second-order valence-corrected chi connectivity index (χ2v) is 4.43. The normalized spacial score (nSPS) is 10.7. The number of hydrogen-bond acceptors (Lipinski definition) is 4. The molecule has 0 spiro atoms. The lowest BCUT2D eigenvalue weighted by molar-refractivity contribution is 0.628. The van der Waals surface area contributed by atoms with E-state index in [0.29, 0.717) is 17.1 Å². The molecule has 6 heteroatoms. The molecule has 5 nitrogen and oxygen atoms in total. The van der Waals surface area contributed by atoms with E-state index < -0.39 is 0 Å². The molecular weight excluding hydrogens is 257 g/mol. The van der Waals surface area contributed by atoms with Gasteiger partial charge in [-0.15, -0.1) is 5.10 Å². The summed E-state index contributed by atoms with van der Waals surface area (Å²) in [6.45, 7) is 1.95. The van der Waals surface area contributed by atoms with Gasteiger partial charge in [-0.05, 0) is 47.2 Å². The zero-order valence-corrected chi connectivity index (χ0v) is 10.8. The van der Waals surface area contributed by atoms with Crippen LogP contribution in [-0.4, -0.2) is 20.2 Å². The lowest BCUT2D eigenvalue weighted by Crippen LogP contribution is -2.03. The lowest BCUT2D eigenvalue weighted by Gasteiger charge is -2.09. The van der Waals surface area contributed by atoms with E-state index in [0.717, 1.165) is 11.3 Å². The minimum atomic E-state index is -0.381. The fourth-order valence-electron chi connectivity index (χ4n) is 2.04. The Kier molecular flexibility index (Phi) is 2.90. The number of para-hydroxylation sites is 1. The highest BCUT2D eigenvalue weighted by Crippen LogP contribution is 2.26. The van der Waals surface area contributed by atoms with Crippen LogP contribution in [0.3, 0.4) is 0 Å². The second-order valence-electron chi connectivity index (χ2n) is 4.43. The average Bonchev–Trinajstić information content (AvgIpc) is 2.91. The second kappa shape index (κ2) is 4.73. The maximum Gasteiger partial charge on any atom is 0.189 e. The third-order valence-corrected chi connectivity index (χ3v) is 3.07. The number of tetrazole rings is 1. The Morgan fingerprint density at radius 1 is 1.15 bits per heavy atom. The van der Waals surface area contributed by atoms with Gasteiger partial charge in [0.05, 0.1) is 5.69 Å². The molecule has 2 aromatic carbocycles. The number of aryl methyl sites for hydroxylation is 1. The van der Waals surface area contributed by atoms with Gasteiger partial charge in [0.2, 0.25) is 0 Å². The summed E-state index contributed by atoms with van der Waals surface area (Å²) >= 11 is 0. The van der Waals surface area contributed by atoms with Crippen molar-refractivity contribution in [3.63, 3.8) is 0 Å². The molecule has 0 fully saturated rings. The van der Waals surface area contributed by atoms with Gasteiger partial charge < -0.3 is 5.73 Å². The number of aromatic nitrogens is 4. The highest BCUT2D eigenvalue weighted by atomic mass is 19.1. The van der Waals surface area contributed by atoms with Gasteiger partial charge in [0.1, 0.15) is 5.82 Å². The molecule has 0 saturated heterocycles. The number of anilines is 1. The zero-order chi connectivity index (χ0) is 14.1. The van der Waals surface area contributed by atoms with Crippen molar-refractivity contribution >= 4 is 5.69 Å². The molecule has 3 rings (SSSR count). The summed E-state index contributed by atoms with van der Waals surface area (Å²) in [5.41, 5.74) is 8.63. The van der Waals surface area contributed by atoms with Crippen LogP contribution in [0.15, 0.2) is 42.5 Å². The Bertz CT molecular complexity index is 766. The van der Waals surface area contributed by atoms with Crippen LogP contribution in [0.5, 0.6) is 0 Å². The molecule has 0 bridgehead atoms. The summed E-state index contributed by atoms with van der Waals surface area (Å²) in [5.74, 6) is 0.0323. The van der Waals surface area contributed by atoms with E-state index in [1.54, 1.807) is 4.68 Å². The number of nitrogens with two attached hydrogens (primary N) is 1. The van der Waals surface area contributed by atoms with E-state index in [4.69, 9.17) is 5.73 Å². The van der Waals surface area contributed by atoms with Crippen molar-refractivity contribution in [1.82, 2.24) is 20.2 Å². The first kappa shape index (κ1) is 12.3. The number of hydrogen-bond donors (Lipinski definition) is 1. The van der Waals surface area contributed by atoms with Crippen LogP contribution in [0, 0.1) is 12.7 Å². The van der Waals surface area contributed by atoms with E-state index in [-0.39, 0.29) is 5.82 Å². The molecule has 0 unspecified atom stereocenters. The molecule has 3 aromatic rings. The third kappa shape index (κ3) is 2.01. The molecule has 0 amide bonds. The first-order valence-corrected chi connectivity index (χ1v) is 6.06. The fraction of sp³-hybridized carbons (Fsp3) is 0.0714. The molecule has 0 radical (unpaired) electrons. The maximum atomic E-state index is 13.4. The van der Waals surface area contributed by atoms with Gasteiger partial charge in [0, 0.05) is 11.3 Å². The smallest absolute Gasteiger partial charge is 0.189 e. The van der Waals surface area contributed by atoms with E-state index in [1.807, 2.05) is 31.2 Å². The molecule has 1 aromatic heterocycles. The van der Waals surface area contributed by atoms with Crippen LogP contribution in [0.4, 0.5) is 10.1 Å². The summed E-state index contributed by atoms with van der Waals surface area (Å²) in [6, 6.07) is 11.8. The van der Waals surface area contributed by atoms with Gasteiger partial charge in [0.25, 0.3) is 0 Å². The summed E-state index contributed by atoms with van der Waals surface area (Å²) in [4.78, 5) is 0. The van der Waals surface area contributed by atoms with Crippen molar-refractivity contribution in [1.29, 1.82) is 0 Å². The first-order valence-electron chi connectivity index (χ1n) is 6.06. The van der Waals surface area contributed by atoms with Crippen molar-refractivity contribution in [2.24, 2.45) is 0 Å². The van der Waals surface area contributed by atoms with Crippen molar-refractivity contribution in [3.8, 4) is 17.1 Å². The highest BCUT2D eigenvalue weighted by Gasteiger charge is 2.15. The number of nitrogens with zero attached hydrogens (tertiary/aromatic N) is 4. The van der Waals surface area contributed by atoms with Crippen molar-refractivity contribution in [2.75, 3.05) is 5.73 Å². The Labute approximate surface area is 114 Å². The predicted molar refractivity (Wildman–Crippen MR) is 73.7 cm³/mol. The Morgan fingerprint density at radius 2 is 1.95 bits per heavy atom. The van der Waals surface area contributed by atoms with Crippen LogP contribution < -0.4 is 5.73 Å². The average molecular weight is 269 g/mol. The van der Waals surface area contributed by atoms with E-state index in [2.05, 4.69) is 15.5 Å². The fourth-order valence-corrected chi connectivity index (χ4v) is 2.04.